The summed E-state index contributed by atoms with van der Waals surface area (Å²) in [4.78, 5) is 48.4. The summed E-state index contributed by atoms with van der Waals surface area (Å²) in [7, 11) is -4.77. The van der Waals surface area contributed by atoms with Crippen LogP contribution in [0, 0.1) is 0 Å². The number of hydrogen-bond acceptors (Lipinski definition) is 10. The van der Waals surface area contributed by atoms with Crippen LogP contribution >= 0.6 is 7.82 Å². The van der Waals surface area contributed by atoms with Gasteiger partial charge in [0.2, 0.25) is 0 Å². The number of esters is 3. The number of allylic oxidation sites excluding steroid dienone is 9. The molecule has 0 aliphatic carbocycles. The number of carbonyl (C=O) groups is 3. The van der Waals surface area contributed by atoms with Gasteiger partial charge in [-0.25, -0.2) is 4.57 Å². The van der Waals surface area contributed by atoms with E-state index in [-0.39, 0.29) is 25.9 Å². The van der Waals surface area contributed by atoms with E-state index in [1.54, 1.807) is 6.08 Å². The molecule has 3 atom stereocenters. The summed E-state index contributed by atoms with van der Waals surface area (Å²) in [5, 5.41) is 9.80. The van der Waals surface area contributed by atoms with E-state index in [1.165, 1.54) is 141 Å². The van der Waals surface area contributed by atoms with Gasteiger partial charge in [0.1, 0.15) is 12.7 Å². The van der Waals surface area contributed by atoms with Gasteiger partial charge in [-0.1, -0.05) is 261 Å². The van der Waals surface area contributed by atoms with Crippen LogP contribution in [0.25, 0.3) is 0 Å². The SMILES string of the molecule is CC/C=C\C/C=C\C/C=C\C/C=C\C/C=C\CC(=O)OC(COC(=O)CCCCCCCCCCCCCCCCCCC)COP(=O)(O)OCC(CO)OC(=O)CCCCCCCCCCCCCCC. The van der Waals surface area contributed by atoms with Gasteiger partial charge in [0.15, 0.2) is 6.10 Å². The highest BCUT2D eigenvalue weighted by Gasteiger charge is 2.28. The Bertz CT molecular complexity index is 1440. The summed E-state index contributed by atoms with van der Waals surface area (Å²) in [5.74, 6) is -1.60. The fourth-order valence-corrected chi connectivity index (χ4v) is 8.86. The first kappa shape index (κ1) is 69.2. The highest BCUT2D eigenvalue weighted by atomic mass is 31.2. The molecule has 0 heterocycles. The maximum Gasteiger partial charge on any atom is 0.472 e. The summed E-state index contributed by atoms with van der Waals surface area (Å²) in [6.45, 7) is 4.45. The molecule has 3 unspecified atom stereocenters. The molecule has 72 heavy (non-hydrogen) atoms. The van der Waals surface area contributed by atoms with E-state index in [1.807, 2.05) is 12.2 Å². The number of unbranched alkanes of at least 4 members (excludes halogenated alkanes) is 28. The molecule has 0 fully saturated rings. The molecule has 2 N–H and O–H groups in total. The standard InChI is InChI=1S/C60H107O11P/c1-4-7-10-13-16-19-22-25-27-28-30-32-34-37-40-43-46-49-58(62)67-53-57(71-60(64)51-48-45-42-39-36-33-29-26-23-20-17-14-11-8-5-2)55-69-72(65,66)68-54-56(52-61)70-59(63)50-47-44-41-38-35-31-24-21-18-15-12-9-6-3/h8,11,17,20,26,29,36,39,45,48,56-57,61H,4-7,9-10,12-16,18-19,21-25,27-28,30-35,37-38,40-44,46-47,49-55H2,1-3H3,(H,65,66)/b11-8-,20-17-,29-26-,39-36-,48-45-. The van der Waals surface area contributed by atoms with Crippen molar-refractivity contribution >= 4 is 25.7 Å². The van der Waals surface area contributed by atoms with Crippen LogP contribution in [0.2, 0.25) is 0 Å². The first-order valence-corrected chi connectivity index (χ1v) is 30.7. The number of phosphoric acid groups is 1. The number of hydrogen-bond donors (Lipinski definition) is 2. The first-order chi connectivity index (χ1) is 35.2. The summed E-state index contributed by atoms with van der Waals surface area (Å²) < 4.78 is 39.4. The number of aliphatic hydroxyl groups excluding tert-OH is 1. The van der Waals surface area contributed by atoms with Crippen LogP contribution in [0.1, 0.15) is 265 Å². The fraction of sp³-hybridized carbons (Fsp3) is 0.783. The van der Waals surface area contributed by atoms with Gasteiger partial charge in [0.25, 0.3) is 0 Å². The summed E-state index contributed by atoms with van der Waals surface area (Å²) in [6, 6.07) is 0. The lowest BCUT2D eigenvalue weighted by molar-refractivity contribution is -0.160. The summed E-state index contributed by atoms with van der Waals surface area (Å²) in [5.41, 5.74) is 0. The number of phosphoric ester groups is 1. The van der Waals surface area contributed by atoms with Crippen LogP contribution in [0.3, 0.4) is 0 Å². The van der Waals surface area contributed by atoms with Crippen LogP contribution in [-0.4, -0.2) is 66.5 Å². The zero-order valence-electron chi connectivity index (χ0n) is 46.1. The Labute approximate surface area is 440 Å². The lowest BCUT2D eigenvalue weighted by Gasteiger charge is -2.21. The molecule has 0 spiro atoms. The van der Waals surface area contributed by atoms with Gasteiger partial charge < -0.3 is 24.2 Å². The maximum absolute atomic E-state index is 12.9. The second kappa shape index (κ2) is 54.4. The third kappa shape index (κ3) is 52.1. The minimum atomic E-state index is -4.77. The van der Waals surface area contributed by atoms with E-state index >= 15 is 0 Å². The molecule has 0 aromatic carbocycles. The molecular formula is C60H107O11P. The van der Waals surface area contributed by atoms with Gasteiger partial charge in [-0.2, -0.15) is 0 Å². The molecule has 0 saturated carbocycles. The van der Waals surface area contributed by atoms with E-state index in [2.05, 4.69) is 63.3 Å². The van der Waals surface area contributed by atoms with Gasteiger partial charge in [-0.05, 0) is 44.9 Å². The molecule has 0 aromatic rings. The van der Waals surface area contributed by atoms with E-state index in [9.17, 15) is 28.9 Å². The van der Waals surface area contributed by atoms with Gasteiger partial charge in [0, 0.05) is 12.8 Å². The van der Waals surface area contributed by atoms with Gasteiger partial charge in [-0.15, -0.1) is 0 Å². The Hall–Kier alpha value is -2.82. The Morgan fingerprint density at radius 1 is 0.403 bits per heavy atom. The topological polar surface area (TPSA) is 155 Å². The Morgan fingerprint density at radius 3 is 1.10 bits per heavy atom. The highest BCUT2D eigenvalue weighted by Crippen LogP contribution is 2.43. The first-order valence-electron chi connectivity index (χ1n) is 29.2. The lowest BCUT2D eigenvalue weighted by Crippen LogP contribution is -2.30. The van der Waals surface area contributed by atoms with E-state index < -0.39 is 57.8 Å². The van der Waals surface area contributed by atoms with E-state index in [0.29, 0.717) is 19.3 Å². The van der Waals surface area contributed by atoms with Crippen LogP contribution < -0.4 is 0 Å². The quantitative estimate of drug-likeness (QED) is 0.0197. The largest absolute Gasteiger partial charge is 0.472 e. The molecule has 12 heteroatoms. The van der Waals surface area contributed by atoms with Crippen LogP contribution in [0.4, 0.5) is 0 Å². The van der Waals surface area contributed by atoms with Crippen molar-refractivity contribution in [3.63, 3.8) is 0 Å². The fourth-order valence-electron chi connectivity index (χ4n) is 8.08. The number of ether oxygens (including phenoxy) is 3. The van der Waals surface area contributed by atoms with Gasteiger partial charge >= 0.3 is 25.7 Å². The molecule has 0 rings (SSSR count). The molecule has 0 bridgehead atoms. The average Bonchev–Trinajstić information content (AvgIpc) is 3.37. The minimum Gasteiger partial charge on any atom is -0.462 e. The normalized spacial score (nSPS) is 13.8. The smallest absolute Gasteiger partial charge is 0.462 e. The molecule has 11 nitrogen and oxygen atoms in total. The minimum absolute atomic E-state index is 0.0621. The van der Waals surface area contributed by atoms with Gasteiger partial charge in [0.05, 0.1) is 26.2 Å². The second-order valence-corrected chi connectivity index (χ2v) is 20.9. The molecular weight excluding hydrogens is 928 g/mol. The Kier molecular flexibility index (Phi) is 52.3. The van der Waals surface area contributed by atoms with E-state index in [0.717, 1.165) is 64.2 Å². The lowest BCUT2D eigenvalue weighted by atomic mass is 10.0. The maximum atomic E-state index is 12.9. The van der Waals surface area contributed by atoms with E-state index in [4.69, 9.17) is 23.3 Å². The molecule has 0 aromatic heterocycles. The third-order valence-electron chi connectivity index (χ3n) is 12.5. The number of rotatable bonds is 54. The molecule has 0 aliphatic heterocycles. The van der Waals surface area contributed by atoms with Crippen molar-refractivity contribution in [1.82, 2.24) is 0 Å². The predicted octanol–water partition coefficient (Wildman–Crippen LogP) is 17.1. The van der Waals surface area contributed by atoms with Crippen molar-refractivity contribution in [3.8, 4) is 0 Å². The summed E-state index contributed by atoms with van der Waals surface area (Å²) in [6.07, 6.45) is 59.3. The molecule has 0 radical (unpaired) electrons. The third-order valence-corrected chi connectivity index (χ3v) is 13.4. The Morgan fingerprint density at radius 2 is 0.722 bits per heavy atom. The van der Waals surface area contributed by atoms with Crippen molar-refractivity contribution in [2.24, 2.45) is 0 Å². The molecule has 418 valence electrons. The zero-order valence-corrected chi connectivity index (χ0v) is 47.0. The van der Waals surface area contributed by atoms with Crippen molar-refractivity contribution in [3.05, 3.63) is 60.8 Å². The number of aliphatic hydroxyl groups is 1. The van der Waals surface area contributed by atoms with Crippen molar-refractivity contribution in [2.45, 2.75) is 277 Å². The highest BCUT2D eigenvalue weighted by molar-refractivity contribution is 7.47. The molecule has 0 saturated heterocycles. The van der Waals surface area contributed by atoms with Gasteiger partial charge in [-0.3, -0.25) is 23.4 Å². The van der Waals surface area contributed by atoms with Crippen LogP contribution in [-0.2, 0) is 42.2 Å². The van der Waals surface area contributed by atoms with Crippen molar-refractivity contribution < 1.29 is 52.2 Å². The predicted molar refractivity (Wildman–Crippen MR) is 298 cm³/mol. The molecule has 0 amide bonds. The van der Waals surface area contributed by atoms with Crippen LogP contribution in [0.15, 0.2) is 60.8 Å². The van der Waals surface area contributed by atoms with Crippen LogP contribution in [0.5, 0.6) is 0 Å². The van der Waals surface area contributed by atoms with Crippen molar-refractivity contribution in [1.29, 1.82) is 0 Å². The monoisotopic (exact) mass is 1030 g/mol. The average molecular weight is 1040 g/mol. The number of carbonyl (C=O) groups excluding carboxylic acids is 3. The van der Waals surface area contributed by atoms with Crippen molar-refractivity contribution in [2.75, 3.05) is 26.4 Å². The second-order valence-electron chi connectivity index (χ2n) is 19.5. The molecule has 0 aliphatic rings. The Balaban J connectivity index is 4.78. The summed E-state index contributed by atoms with van der Waals surface area (Å²) >= 11 is 0. The zero-order chi connectivity index (χ0) is 52.7.